The van der Waals surface area contributed by atoms with Gasteiger partial charge < -0.3 is 5.32 Å². The molecule has 23 heavy (non-hydrogen) atoms. The van der Waals surface area contributed by atoms with Crippen molar-refractivity contribution in [2.75, 3.05) is 25.0 Å². The van der Waals surface area contributed by atoms with Gasteiger partial charge in [-0.05, 0) is 25.9 Å². The van der Waals surface area contributed by atoms with Crippen molar-refractivity contribution in [3.05, 3.63) is 17.8 Å². The van der Waals surface area contributed by atoms with Crippen molar-refractivity contribution in [1.29, 1.82) is 0 Å². The minimum atomic E-state index is -2.33. The number of alkyl halides is 2. The number of hydrogen-bond donors (Lipinski definition) is 2. The van der Waals surface area contributed by atoms with Gasteiger partial charge in [-0.2, -0.15) is 5.10 Å². The summed E-state index contributed by atoms with van der Waals surface area (Å²) in [5, 5.41) is 12.3. The maximum absolute atomic E-state index is 12.4. The second-order valence-electron chi connectivity index (χ2n) is 5.45. The van der Waals surface area contributed by atoms with Gasteiger partial charge in [-0.15, -0.1) is 11.3 Å². The summed E-state index contributed by atoms with van der Waals surface area (Å²) in [5.74, 6) is -0.260. The Hall–Kier alpha value is -1.87. The van der Waals surface area contributed by atoms with E-state index in [-0.39, 0.29) is 18.4 Å². The average molecular weight is 341 g/mol. The van der Waals surface area contributed by atoms with Crippen LogP contribution in [0.4, 0.5) is 14.5 Å². The Bertz CT molecular complexity index is 637. The number of aromatic amines is 1. The van der Waals surface area contributed by atoms with Crippen LogP contribution in [0.5, 0.6) is 0 Å². The van der Waals surface area contributed by atoms with Crippen LogP contribution in [-0.4, -0.2) is 52.0 Å². The number of aromatic nitrogens is 3. The predicted octanol–water partition coefficient (Wildman–Crippen LogP) is 2.45. The molecule has 6 nitrogen and oxygen atoms in total. The lowest BCUT2D eigenvalue weighted by molar-refractivity contribution is -0.121. The van der Waals surface area contributed by atoms with Gasteiger partial charge in [-0.25, -0.2) is 13.8 Å². The smallest absolute Gasteiger partial charge is 0.251 e. The fourth-order valence-electron chi connectivity index (χ4n) is 2.70. The molecule has 1 fully saturated rings. The summed E-state index contributed by atoms with van der Waals surface area (Å²) in [5.41, 5.74) is 1.28. The highest BCUT2D eigenvalue weighted by molar-refractivity contribution is 7.13. The van der Waals surface area contributed by atoms with Crippen LogP contribution in [0.3, 0.4) is 0 Å². The first kappa shape index (κ1) is 16.0. The van der Waals surface area contributed by atoms with E-state index in [9.17, 15) is 13.6 Å². The Labute approximate surface area is 135 Å². The van der Waals surface area contributed by atoms with Crippen LogP contribution >= 0.6 is 11.3 Å². The molecule has 2 N–H and O–H groups in total. The number of amides is 1. The molecular formula is C14H17F2N5OS. The first-order valence-corrected chi connectivity index (χ1v) is 8.26. The minimum absolute atomic E-state index is 0.0964. The van der Waals surface area contributed by atoms with Gasteiger partial charge in [0.1, 0.15) is 10.7 Å². The summed E-state index contributed by atoms with van der Waals surface area (Å²) in [6, 6.07) is 0. The Balaban J connectivity index is 1.58. The zero-order valence-electron chi connectivity index (χ0n) is 12.3. The molecular weight excluding hydrogens is 324 g/mol. The van der Waals surface area contributed by atoms with Crippen LogP contribution in [-0.2, 0) is 4.79 Å². The molecule has 0 spiro atoms. The molecule has 9 heteroatoms. The number of H-pyrrole nitrogens is 1. The number of carbonyl (C=O) groups excluding carboxylic acids is 1. The molecule has 1 amide bonds. The third kappa shape index (κ3) is 3.91. The van der Waals surface area contributed by atoms with E-state index < -0.39 is 6.43 Å². The Morgan fingerprint density at radius 1 is 1.48 bits per heavy atom. The third-order valence-corrected chi connectivity index (χ3v) is 4.69. The van der Waals surface area contributed by atoms with Crippen LogP contribution in [0, 0.1) is 5.92 Å². The lowest BCUT2D eigenvalue weighted by Gasteiger charge is -2.30. The number of anilines is 1. The molecule has 0 atom stereocenters. The molecule has 0 unspecified atom stereocenters. The van der Waals surface area contributed by atoms with Crippen LogP contribution in [0.25, 0.3) is 10.7 Å². The second kappa shape index (κ2) is 7.14. The lowest BCUT2D eigenvalue weighted by Crippen LogP contribution is -2.40. The minimum Gasteiger partial charge on any atom is -0.323 e. The van der Waals surface area contributed by atoms with E-state index in [1.807, 2.05) is 5.38 Å². The van der Waals surface area contributed by atoms with E-state index in [1.165, 1.54) is 11.3 Å². The fourth-order valence-corrected chi connectivity index (χ4v) is 3.34. The molecule has 124 valence electrons. The highest BCUT2D eigenvalue weighted by Gasteiger charge is 2.27. The van der Waals surface area contributed by atoms with Crippen molar-refractivity contribution in [1.82, 2.24) is 20.1 Å². The van der Waals surface area contributed by atoms with Gasteiger partial charge >= 0.3 is 0 Å². The monoisotopic (exact) mass is 341 g/mol. The molecule has 1 aliphatic heterocycles. The Morgan fingerprint density at radius 2 is 2.26 bits per heavy atom. The second-order valence-corrected chi connectivity index (χ2v) is 6.35. The molecule has 0 bridgehead atoms. The number of likely N-dealkylation sites (tertiary alicyclic amines) is 1. The van der Waals surface area contributed by atoms with Crippen LogP contribution in [0.2, 0.25) is 0 Å². The summed E-state index contributed by atoms with van der Waals surface area (Å²) in [6.07, 6.45) is 2.09. The zero-order valence-corrected chi connectivity index (χ0v) is 13.2. The maximum atomic E-state index is 12.4. The summed E-state index contributed by atoms with van der Waals surface area (Å²) in [7, 11) is 0. The number of carbonyl (C=O) groups is 1. The molecule has 3 rings (SSSR count). The van der Waals surface area contributed by atoms with E-state index in [2.05, 4.69) is 20.5 Å². The standard InChI is InChI=1S/C14H17F2N5OS/c15-11(16)8-21-4-1-9(2-5-21)13(22)19-10-7-18-20-12(10)14-17-3-6-23-14/h3,6-7,9,11H,1-2,4-5,8H2,(H,18,20)(H,19,22). The topological polar surface area (TPSA) is 73.9 Å². The molecule has 3 heterocycles. The third-order valence-electron chi connectivity index (χ3n) is 3.90. The van der Waals surface area contributed by atoms with Gasteiger partial charge in [0.2, 0.25) is 5.91 Å². The normalized spacial score (nSPS) is 16.8. The van der Waals surface area contributed by atoms with Crippen molar-refractivity contribution in [3.8, 4) is 10.7 Å². The Morgan fingerprint density at radius 3 is 2.91 bits per heavy atom. The molecule has 1 saturated heterocycles. The molecule has 0 aliphatic carbocycles. The van der Waals surface area contributed by atoms with Gasteiger partial charge in [0.15, 0.2) is 0 Å². The highest BCUT2D eigenvalue weighted by atomic mass is 32.1. The average Bonchev–Trinajstić information content (AvgIpc) is 3.18. The van der Waals surface area contributed by atoms with E-state index in [1.54, 1.807) is 17.3 Å². The molecule has 0 radical (unpaired) electrons. The van der Waals surface area contributed by atoms with Crippen molar-refractivity contribution in [3.63, 3.8) is 0 Å². The number of rotatable bonds is 5. The van der Waals surface area contributed by atoms with Gasteiger partial charge in [0.25, 0.3) is 6.43 Å². The number of nitrogens with one attached hydrogen (secondary N) is 2. The quantitative estimate of drug-likeness (QED) is 0.876. The SMILES string of the molecule is O=C(Nc1cn[nH]c1-c1nccs1)C1CCN(CC(F)F)CC1. The molecule has 1 aliphatic rings. The first-order valence-electron chi connectivity index (χ1n) is 7.38. The van der Waals surface area contributed by atoms with Gasteiger partial charge in [-0.3, -0.25) is 14.8 Å². The summed E-state index contributed by atoms with van der Waals surface area (Å²) in [6.45, 7) is 0.824. The Kier molecular flexibility index (Phi) is 4.97. The highest BCUT2D eigenvalue weighted by Crippen LogP contribution is 2.28. The first-order chi connectivity index (χ1) is 11.1. The largest absolute Gasteiger partial charge is 0.323 e. The van der Waals surface area contributed by atoms with E-state index >= 15 is 0 Å². The fraction of sp³-hybridized carbons (Fsp3) is 0.500. The summed E-state index contributed by atoms with van der Waals surface area (Å²) in [4.78, 5) is 18.3. The summed E-state index contributed by atoms with van der Waals surface area (Å²) < 4.78 is 24.7. The molecule has 2 aromatic rings. The summed E-state index contributed by atoms with van der Waals surface area (Å²) >= 11 is 1.45. The van der Waals surface area contributed by atoms with Crippen LogP contribution in [0.15, 0.2) is 17.8 Å². The van der Waals surface area contributed by atoms with Crippen molar-refractivity contribution < 1.29 is 13.6 Å². The van der Waals surface area contributed by atoms with E-state index in [0.717, 1.165) is 5.01 Å². The van der Waals surface area contributed by atoms with Crippen molar-refractivity contribution >= 4 is 22.9 Å². The maximum Gasteiger partial charge on any atom is 0.251 e. The zero-order chi connectivity index (χ0) is 16.2. The van der Waals surface area contributed by atoms with Gasteiger partial charge in [0, 0.05) is 17.5 Å². The number of hydrogen-bond acceptors (Lipinski definition) is 5. The van der Waals surface area contributed by atoms with Crippen LogP contribution < -0.4 is 5.32 Å². The number of piperidine rings is 1. The number of thiazole rings is 1. The molecule has 2 aromatic heterocycles. The molecule has 0 saturated carbocycles. The lowest BCUT2D eigenvalue weighted by atomic mass is 9.96. The van der Waals surface area contributed by atoms with Crippen molar-refractivity contribution in [2.45, 2.75) is 19.3 Å². The van der Waals surface area contributed by atoms with E-state index in [0.29, 0.717) is 37.3 Å². The number of nitrogens with zero attached hydrogens (tertiary/aromatic N) is 3. The predicted molar refractivity (Wildman–Crippen MR) is 83.5 cm³/mol. The van der Waals surface area contributed by atoms with Gasteiger partial charge in [0.05, 0.1) is 18.4 Å². The van der Waals surface area contributed by atoms with E-state index in [4.69, 9.17) is 0 Å². The molecule has 0 aromatic carbocycles. The number of halogens is 2. The van der Waals surface area contributed by atoms with Crippen molar-refractivity contribution in [2.24, 2.45) is 5.92 Å². The van der Waals surface area contributed by atoms with Crippen LogP contribution in [0.1, 0.15) is 12.8 Å². The van der Waals surface area contributed by atoms with Gasteiger partial charge in [-0.1, -0.05) is 0 Å².